The monoisotopic (exact) mass is 132 g/mol. The molecule has 0 atom stereocenters. The molecule has 3 heteroatoms. The average Bonchev–Trinajstić information content (AvgIpc) is 1.76. The van der Waals surface area contributed by atoms with E-state index in [0.29, 0.717) is 15.5 Å². The van der Waals surface area contributed by atoms with Crippen LogP contribution in [0, 0.1) is 0 Å². The van der Waals surface area contributed by atoms with Crippen molar-refractivity contribution in [3.8, 4) is 0 Å². The molecule has 1 aliphatic heterocycles. The molecule has 28 valence electrons. The molecule has 1 rings (SSSR count). The Balaban J connectivity index is 2.32. The molecule has 2 nitrogen and oxygen atoms in total. The van der Waals surface area contributed by atoms with Gasteiger partial charge in [-0.15, -0.1) is 0 Å². The van der Waals surface area contributed by atoms with Gasteiger partial charge in [0, 0.05) is 0 Å². The van der Waals surface area contributed by atoms with E-state index >= 15 is 0 Å². The zero-order valence-corrected chi connectivity index (χ0v) is 4.61. The van der Waals surface area contributed by atoms with Gasteiger partial charge in [0.2, 0.25) is 0 Å². The van der Waals surface area contributed by atoms with Gasteiger partial charge >= 0.3 is 36.7 Å². The van der Waals surface area contributed by atoms with Crippen LogP contribution >= 0.6 is 0 Å². The number of nitrogens with one attached hydrogen (secondary N) is 2. The van der Waals surface area contributed by atoms with Crippen molar-refractivity contribution < 1.29 is 0 Å². The molecule has 0 unspecified atom stereocenters. The summed E-state index contributed by atoms with van der Waals surface area (Å²) in [5, 5.41) is 0. The Kier molecular flexibility index (Phi) is 1.21. The van der Waals surface area contributed by atoms with Gasteiger partial charge in [0.15, 0.2) is 0 Å². The topological polar surface area (TPSA) is 24.1 Å². The molecule has 0 bridgehead atoms. The summed E-state index contributed by atoms with van der Waals surface area (Å²) >= 11 is 0.368. The Bertz CT molecular complexity index is 45.6. The molecule has 0 aromatic carbocycles. The van der Waals surface area contributed by atoms with E-state index in [1.807, 2.05) is 0 Å². The van der Waals surface area contributed by atoms with Gasteiger partial charge in [0.1, 0.15) is 0 Å². The molecule has 1 heterocycles. The Morgan fingerprint density at radius 2 is 2.80 bits per heavy atom. The average molecular weight is 132 g/mol. The summed E-state index contributed by atoms with van der Waals surface area (Å²) in [6.07, 6.45) is 0. The van der Waals surface area contributed by atoms with Crippen LogP contribution in [-0.2, 0) is 0 Å². The Labute approximate surface area is 37.4 Å². The molecule has 0 fully saturated rings. The summed E-state index contributed by atoms with van der Waals surface area (Å²) in [5.74, 6) is 0. The second-order valence-corrected chi connectivity index (χ2v) is 2.58. The molecular formula is C2H5AsN2. The quantitative estimate of drug-likeness (QED) is 0.392. The minimum atomic E-state index is 0.368. The molecule has 0 saturated carbocycles. The Morgan fingerprint density at radius 1 is 1.80 bits per heavy atom. The van der Waals surface area contributed by atoms with Crippen LogP contribution in [0.15, 0.2) is 0 Å². The number of hydrogen-bond acceptors (Lipinski definition) is 2. The van der Waals surface area contributed by atoms with Crippen molar-refractivity contribution in [1.29, 1.82) is 0 Å². The normalized spacial score (nSPS) is 24.0. The van der Waals surface area contributed by atoms with Crippen LogP contribution < -0.4 is 9.77 Å². The van der Waals surface area contributed by atoms with E-state index in [2.05, 4.69) is 14.6 Å². The molecular weight excluding hydrogens is 127 g/mol. The second-order valence-electron chi connectivity index (χ2n) is 0.804. The summed E-state index contributed by atoms with van der Waals surface area (Å²) in [6.45, 7) is 1.06. The maximum atomic E-state index is 3.01. The van der Waals surface area contributed by atoms with Crippen LogP contribution in [-0.4, -0.2) is 26.9 Å². The molecule has 1 aliphatic rings. The van der Waals surface area contributed by atoms with Gasteiger partial charge in [-0.05, 0) is 0 Å². The summed E-state index contributed by atoms with van der Waals surface area (Å²) in [5.41, 5.74) is 2.96. The first-order chi connectivity index (χ1) is 2.50. The minimum absolute atomic E-state index is 0.368. The predicted octanol–water partition coefficient (Wildman–Crippen LogP) is -1.48. The van der Waals surface area contributed by atoms with E-state index in [1.54, 1.807) is 0 Å². The molecule has 5 heavy (non-hydrogen) atoms. The van der Waals surface area contributed by atoms with Crippen molar-refractivity contribution in [2.45, 2.75) is 0 Å². The first-order valence-electron chi connectivity index (χ1n) is 1.49. The van der Waals surface area contributed by atoms with Crippen molar-refractivity contribution in [1.82, 2.24) is 9.77 Å². The molecule has 0 amide bonds. The van der Waals surface area contributed by atoms with Crippen molar-refractivity contribution in [3.63, 3.8) is 0 Å². The van der Waals surface area contributed by atoms with Gasteiger partial charge in [-0.3, -0.25) is 0 Å². The molecule has 0 saturated heterocycles. The Hall–Kier alpha value is 0.348. The third-order valence-corrected chi connectivity index (χ3v) is 1.80. The summed E-state index contributed by atoms with van der Waals surface area (Å²) in [6, 6.07) is 0. The van der Waals surface area contributed by atoms with Crippen LogP contribution in [0.3, 0.4) is 0 Å². The second kappa shape index (κ2) is 1.70. The van der Waals surface area contributed by atoms with Crippen molar-refractivity contribution in [2.24, 2.45) is 0 Å². The van der Waals surface area contributed by atoms with Gasteiger partial charge in [-0.1, -0.05) is 0 Å². The fourth-order valence-electron chi connectivity index (χ4n) is 0.228. The van der Waals surface area contributed by atoms with Gasteiger partial charge in [0.25, 0.3) is 0 Å². The van der Waals surface area contributed by atoms with Crippen molar-refractivity contribution >= 4 is 20.3 Å². The molecule has 2 N–H and O–H groups in total. The molecule has 0 aromatic heterocycles. The van der Waals surface area contributed by atoms with Gasteiger partial charge < -0.3 is 0 Å². The predicted molar refractivity (Wildman–Crippen MR) is 23.0 cm³/mol. The van der Waals surface area contributed by atoms with E-state index in [0.717, 1.165) is 6.54 Å². The fourth-order valence-corrected chi connectivity index (χ4v) is 1.19. The first kappa shape index (κ1) is 3.54. The van der Waals surface area contributed by atoms with Crippen LogP contribution in [0.25, 0.3) is 0 Å². The molecule has 0 radical (unpaired) electrons. The summed E-state index contributed by atoms with van der Waals surface area (Å²) in [7, 11) is 0. The van der Waals surface area contributed by atoms with E-state index < -0.39 is 0 Å². The van der Waals surface area contributed by atoms with Gasteiger partial charge in [-0.25, -0.2) is 0 Å². The first-order valence-corrected chi connectivity index (χ1v) is 3.52. The van der Waals surface area contributed by atoms with Crippen LogP contribution in [0.5, 0.6) is 0 Å². The van der Waals surface area contributed by atoms with Crippen LogP contribution in [0.4, 0.5) is 0 Å². The maximum absolute atomic E-state index is 3.01. The standard InChI is InChI=1S/C2H5AsN2/c1-2-4-5-3-1/h1,4-5H,2H2. The van der Waals surface area contributed by atoms with E-state index in [1.165, 1.54) is 0 Å². The van der Waals surface area contributed by atoms with Gasteiger partial charge in [0.05, 0.1) is 0 Å². The van der Waals surface area contributed by atoms with Crippen molar-refractivity contribution in [3.05, 3.63) is 0 Å². The molecule has 0 aromatic rings. The van der Waals surface area contributed by atoms with E-state index in [9.17, 15) is 0 Å². The van der Waals surface area contributed by atoms with E-state index in [-0.39, 0.29) is 0 Å². The SMILES string of the molecule is C1=[As]NNC1. The zero-order chi connectivity index (χ0) is 3.54. The zero-order valence-electron chi connectivity index (χ0n) is 2.73. The summed E-state index contributed by atoms with van der Waals surface area (Å²) < 4.78 is 3.01. The number of hydrogen-bond donors (Lipinski definition) is 2. The Morgan fingerprint density at radius 3 is 3.00 bits per heavy atom. The van der Waals surface area contributed by atoms with E-state index in [4.69, 9.17) is 0 Å². The third-order valence-electron chi connectivity index (χ3n) is 0.428. The molecule has 0 aliphatic carbocycles. The fraction of sp³-hybridized carbons (Fsp3) is 0.500. The number of hydrazine groups is 1. The summed E-state index contributed by atoms with van der Waals surface area (Å²) in [4.78, 5) is 2.23. The number of rotatable bonds is 0. The van der Waals surface area contributed by atoms with Crippen LogP contribution in [0.1, 0.15) is 0 Å². The van der Waals surface area contributed by atoms with Crippen LogP contribution in [0.2, 0.25) is 0 Å². The van der Waals surface area contributed by atoms with Gasteiger partial charge in [-0.2, -0.15) is 0 Å². The molecule has 0 spiro atoms. The third kappa shape index (κ3) is 0.838. The van der Waals surface area contributed by atoms with Crippen molar-refractivity contribution in [2.75, 3.05) is 6.54 Å².